The number of carbonyl (C=O) groups excluding carboxylic acids is 2. The molecule has 2 unspecified atom stereocenters. The van der Waals surface area contributed by atoms with Crippen LogP contribution in [0.4, 0.5) is 0 Å². The van der Waals surface area contributed by atoms with E-state index in [1.165, 1.54) is 38.0 Å². The second-order valence-electron chi connectivity index (χ2n) is 14.7. The zero-order valence-corrected chi connectivity index (χ0v) is 42.8. The molecule has 0 amide bonds. The van der Waals surface area contributed by atoms with Gasteiger partial charge in [0, 0.05) is 12.1 Å². The van der Waals surface area contributed by atoms with Crippen LogP contribution in [0.15, 0.2) is 0 Å². The SMILES string of the molecule is NC(N)[C-]1CCCCC1.N[C@@H]1CCCC[C@@H]1N.O=C(O)[C@H]1OCCOCCOCCOCCOCCO[C@H]1C(=O)O.O=C([O-])C1OCCOCCOCCOCCOCCOC1C(=O)[O-].[Pt+2].[Pt+2]. The van der Waals surface area contributed by atoms with E-state index < -0.39 is 48.3 Å². The van der Waals surface area contributed by atoms with Gasteiger partial charge in [0.25, 0.3) is 0 Å². The van der Waals surface area contributed by atoms with Gasteiger partial charge in [0.2, 0.25) is 0 Å². The van der Waals surface area contributed by atoms with Crippen molar-refractivity contribution < 1.29 is 139 Å². The molecule has 2 heterocycles. The number of ether oxygens (including phenoxy) is 12. The van der Waals surface area contributed by atoms with Crippen LogP contribution in [0.25, 0.3) is 0 Å². The number of carbonyl (C=O) groups is 4. The zero-order valence-electron chi connectivity index (χ0n) is 38.2. The molecule has 2 aliphatic carbocycles. The van der Waals surface area contributed by atoms with E-state index in [4.69, 9.17) is 90.0 Å². The molecule has 0 radical (unpaired) electrons. The number of carboxylic acids is 4. The molecule has 67 heavy (non-hydrogen) atoms. The Hall–Kier alpha value is -1.38. The molecule has 398 valence electrons. The fourth-order valence-electron chi connectivity index (χ4n) is 6.12. The van der Waals surface area contributed by atoms with Crippen LogP contribution in [0.5, 0.6) is 0 Å². The maximum Gasteiger partial charge on any atom is 2.00 e. The number of hydrogen-bond acceptors (Lipinski definition) is 22. The summed E-state index contributed by atoms with van der Waals surface area (Å²) in [6.07, 6.45) is 4.03. The maximum absolute atomic E-state index is 11.2. The van der Waals surface area contributed by atoms with Crippen LogP contribution in [0.3, 0.4) is 0 Å². The van der Waals surface area contributed by atoms with Gasteiger partial charge in [0.05, 0.1) is 144 Å². The first-order valence-electron chi connectivity index (χ1n) is 22.2. The predicted molar refractivity (Wildman–Crippen MR) is 224 cm³/mol. The van der Waals surface area contributed by atoms with Gasteiger partial charge in [-0.25, -0.2) is 9.59 Å². The van der Waals surface area contributed by atoms with Crippen LogP contribution in [0.2, 0.25) is 0 Å². The number of rotatable bonds is 5. The Morgan fingerprint density at radius 1 is 0.418 bits per heavy atom. The summed E-state index contributed by atoms with van der Waals surface area (Å²) < 4.78 is 61.9. The Labute approximate surface area is 422 Å². The number of hydrogen-bond donors (Lipinski definition) is 6. The minimum Gasteiger partial charge on any atom is -0.547 e. The van der Waals surface area contributed by atoms with Crippen molar-refractivity contribution in [3.8, 4) is 0 Å². The normalized spacial score (nSPS) is 27.1. The maximum atomic E-state index is 11.2. The molecule has 10 N–H and O–H groups in total. The average Bonchev–Trinajstić information content (AvgIpc) is 3.27. The minimum atomic E-state index is -1.81. The van der Waals surface area contributed by atoms with Gasteiger partial charge in [0.1, 0.15) is 12.2 Å². The quantitative estimate of drug-likeness (QED) is 0.114. The molecule has 4 rings (SSSR count). The molecular weight excluding hydrogens is 1260 g/mol. The van der Waals surface area contributed by atoms with E-state index in [2.05, 4.69) is 0 Å². The van der Waals surface area contributed by atoms with Crippen LogP contribution in [0.1, 0.15) is 57.8 Å². The van der Waals surface area contributed by atoms with Gasteiger partial charge < -0.3 is 110 Å². The Bertz CT molecular complexity index is 1070. The second-order valence-corrected chi connectivity index (χ2v) is 14.7. The van der Waals surface area contributed by atoms with E-state index in [0.717, 1.165) is 25.7 Å². The summed E-state index contributed by atoms with van der Waals surface area (Å²) in [5.74, 6) is -4.90. The van der Waals surface area contributed by atoms with E-state index in [9.17, 15) is 29.4 Å². The summed E-state index contributed by atoms with van der Waals surface area (Å²) in [7, 11) is 0. The van der Waals surface area contributed by atoms with E-state index in [1.807, 2.05) is 0 Å². The van der Waals surface area contributed by atoms with Crippen LogP contribution in [0, 0.1) is 5.92 Å². The third kappa shape index (κ3) is 36.2. The number of aliphatic carboxylic acids is 4. The molecule has 24 nitrogen and oxygen atoms in total. The Morgan fingerprint density at radius 2 is 0.657 bits per heavy atom. The minimum absolute atomic E-state index is 0. The number of nitrogens with two attached hydrogens (primary N) is 4. The molecule has 0 aromatic carbocycles. The second kappa shape index (κ2) is 45.7. The molecule has 2 aliphatic heterocycles. The van der Waals surface area contributed by atoms with Gasteiger partial charge in [-0.2, -0.15) is 12.8 Å². The molecule has 4 fully saturated rings. The fraction of sp³-hybridized carbons (Fsp3) is 0.878. The molecule has 26 heteroatoms. The van der Waals surface area contributed by atoms with Gasteiger partial charge in [0.15, 0.2) is 12.2 Å². The molecule has 0 bridgehead atoms. The van der Waals surface area contributed by atoms with E-state index in [1.54, 1.807) is 0 Å². The van der Waals surface area contributed by atoms with Crippen LogP contribution < -0.4 is 33.1 Å². The molecule has 2 saturated carbocycles. The van der Waals surface area contributed by atoms with Crippen molar-refractivity contribution in [3.05, 3.63) is 5.92 Å². The predicted octanol–water partition coefficient (Wildman–Crippen LogP) is -3.68. The van der Waals surface area contributed by atoms with Crippen molar-refractivity contribution in [1.82, 2.24) is 0 Å². The fourth-order valence-corrected chi connectivity index (χ4v) is 6.12. The van der Waals surface area contributed by atoms with Gasteiger partial charge in [-0.1, -0.05) is 38.3 Å². The largest absolute Gasteiger partial charge is 2.00 e. The molecular formula is C41H75N4O20Pt2+. The van der Waals surface area contributed by atoms with Crippen molar-refractivity contribution in [3.63, 3.8) is 0 Å². The van der Waals surface area contributed by atoms with Gasteiger partial charge in [-0.15, -0.1) is 0 Å². The Morgan fingerprint density at radius 3 is 0.851 bits per heavy atom. The van der Waals surface area contributed by atoms with E-state index >= 15 is 0 Å². The van der Waals surface area contributed by atoms with Crippen molar-refractivity contribution in [2.24, 2.45) is 22.9 Å². The van der Waals surface area contributed by atoms with Gasteiger partial charge >= 0.3 is 54.1 Å². The van der Waals surface area contributed by atoms with Crippen molar-refractivity contribution in [2.75, 3.05) is 132 Å². The monoisotopic (exact) mass is 1330 g/mol. The summed E-state index contributed by atoms with van der Waals surface area (Å²) in [6, 6.07) is 0.562. The third-order valence-corrected chi connectivity index (χ3v) is 9.68. The average molecular weight is 1330 g/mol. The third-order valence-electron chi connectivity index (χ3n) is 9.68. The molecule has 2 saturated heterocycles. The molecule has 6 atom stereocenters. The first-order chi connectivity index (χ1) is 31.4. The molecule has 0 aromatic heterocycles. The van der Waals surface area contributed by atoms with Crippen LogP contribution >= 0.6 is 0 Å². The van der Waals surface area contributed by atoms with E-state index in [0.29, 0.717) is 66.1 Å². The van der Waals surface area contributed by atoms with Crippen molar-refractivity contribution in [1.29, 1.82) is 0 Å². The standard InChI is InChI=1S/2C14H24O10.C7H15N2.C6H14N2.2Pt/c2*15-13(16)11-12(14(17)18)24-10-8-22-6-4-20-2-1-19-3-5-21-7-9-23-11;8-7(9)6-4-2-1-3-5-6;7-5-3-1-2-4-6(5)8;;/h2*11-12H,1-10H2,(H,15,16)(H,17,18);7H,1-5,8-9H2;5-6H,1-4,7-8H2;;/q;;-1;;2*+2/p-2/t11-,12+;;;5-,6+;;. The van der Waals surface area contributed by atoms with Crippen molar-refractivity contribution >= 4 is 23.9 Å². The summed E-state index contributed by atoms with van der Waals surface area (Å²) >= 11 is 0. The topological polar surface area (TPSA) is 370 Å². The summed E-state index contributed by atoms with van der Waals surface area (Å²) in [4.78, 5) is 44.6. The summed E-state index contributed by atoms with van der Waals surface area (Å²) in [5.41, 5.74) is 22.3. The number of carboxylic acid groups (broad SMARTS) is 4. The molecule has 0 spiro atoms. The molecule has 4 aliphatic rings. The summed E-state index contributed by atoms with van der Waals surface area (Å²) in [5, 5.41) is 40.4. The first kappa shape index (κ1) is 67.7. The molecule has 0 aromatic rings. The smallest absolute Gasteiger partial charge is 0.547 e. The van der Waals surface area contributed by atoms with E-state index in [-0.39, 0.29) is 126 Å². The first-order valence-corrected chi connectivity index (χ1v) is 22.2. The Kier molecular flexibility index (Phi) is 46.2. The van der Waals surface area contributed by atoms with Crippen LogP contribution in [-0.2, 0) is 118 Å². The van der Waals surface area contributed by atoms with Gasteiger partial charge in [-0.05, 0) is 12.8 Å². The summed E-state index contributed by atoms with van der Waals surface area (Å²) in [6.45, 7) is 4.19. The Balaban J connectivity index is 0. The van der Waals surface area contributed by atoms with Crippen LogP contribution in [-0.4, -0.2) is 209 Å². The van der Waals surface area contributed by atoms with Gasteiger partial charge in [-0.3, -0.25) is 5.92 Å². The zero-order chi connectivity index (χ0) is 47.9. The van der Waals surface area contributed by atoms with Crippen molar-refractivity contribution in [2.45, 2.75) is 100 Å².